The Balaban J connectivity index is 1.92. The Morgan fingerprint density at radius 1 is 1.50 bits per heavy atom. The largest absolute Gasteiger partial charge is 0.348 e. The Morgan fingerprint density at radius 3 is 3.06 bits per heavy atom. The van der Waals surface area contributed by atoms with Crippen LogP contribution >= 0.6 is 11.3 Å². The zero-order valence-corrected chi connectivity index (χ0v) is 12.6. The van der Waals surface area contributed by atoms with Crippen molar-refractivity contribution < 1.29 is 0 Å². The van der Waals surface area contributed by atoms with E-state index in [1.54, 1.807) is 0 Å². The number of rotatable bonds is 5. The topological polar surface area (TPSA) is 28.2 Å². The number of piperidine rings is 1. The molecular weight excluding hydrogens is 242 g/mol. The SMILES string of the molecule is CCCNCc1cnc(N2CCCC(C)(C)C2)s1. The molecule has 2 rings (SSSR count). The molecule has 1 N–H and O–H groups in total. The highest BCUT2D eigenvalue weighted by atomic mass is 32.1. The van der Waals surface area contributed by atoms with Crippen LogP contribution in [0.15, 0.2) is 6.20 Å². The second-order valence-corrected chi connectivity index (χ2v) is 7.07. The summed E-state index contributed by atoms with van der Waals surface area (Å²) in [5, 5.41) is 4.64. The van der Waals surface area contributed by atoms with Crippen LogP contribution in [0.3, 0.4) is 0 Å². The van der Waals surface area contributed by atoms with Gasteiger partial charge in [-0.1, -0.05) is 20.8 Å². The molecule has 0 spiro atoms. The van der Waals surface area contributed by atoms with E-state index in [9.17, 15) is 0 Å². The van der Waals surface area contributed by atoms with Crippen LogP contribution in [0.2, 0.25) is 0 Å². The zero-order chi connectivity index (χ0) is 13.0. The standard InChI is InChI=1S/C14H25N3S/c1-4-7-15-9-12-10-16-13(18-12)17-8-5-6-14(2,3)11-17/h10,15H,4-9,11H2,1-3H3. The smallest absolute Gasteiger partial charge is 0.185 e. The molecule has 1 fully saturated rings. The molecule has 0 radical (unpaired) electrons. The van der Waals surface area contributed by atoms with E-state index < -0.39 is 0 Å². The van der Waals surface area contributed by atoms with Crippen LogP contribution in [-0.2, 0) is 6.54 Å². The van der Waals surface area contributed by atoms with Gasteiger partial charge in [0.1, 0.15) is 0 Å². The average molecular weight is 267 g/mol. The van der Waals surface area contributed by atoms with Crippen LogP contribution in [0.4, 0.5) is 5.13 Å². The molecule has 1 saturated heterocycles. The summed E-state index contributed by atoms with van der Waals surface area (Å²) in [5.74, 6) is 0. The molecule has 0 bridgehead atoms. The van der Waals surface area contributed by atoms with Crippen molar-refractivity contribution in [2.24, 2.45) is 5.41 Å². The van der Waals surface area contributed by atoms with Crippen LogP contribution in [0.25, 0.3) is 0 Å². The van der Waals surface area contributed by atoms with E-state index in [0.29, 0.717) is 5.41 Å². The molecule has 0 saturated carbocycles. The highest BCUT2D eigenvalue weighted by Crippen LogP contribution is 2.33. The number of aromatic nitrogens is 1. The van der Waals surface area contributed by atoms with Crippen molar-refractivity contribution in [1.82, 2.24) is 10.3 Å². The second-order valence-electron chi connectivity index (χ2n) is 5.98. The van der Waals surface area contributed by atoms with Gasteiger partial charge in [0.05, 0.1) is 0 Å². The molecule has 1 aliphatic heterocycles. The van der Waals surface area contributed by atoms with Gasteiger partial charge in [-0.05, 0) is 31.2 Å². The first-order chi connectivity index (χ1) is 8.61. The van der Waals surface area contributed by atoms with Crippen LogP contribution in [0.5, 0.6) is 0 Å². The highest BCUT2D eigenvalue weighted by molar-refractivity contribution is 7.15. The summed E-state index contributed by atoms with van der Waals surface area (Å²) in [6.45, 7) is 11.3. The van der Waals surface area contributed by atoms with Gasteiger partial charge in [0.15, 0.2) is 5.13 Å². The Labute approximate surface area is 115 Å². The van der Waals surface area contributed by atoms with Crippen molar-refractivity contribution >= 4 is 16.5 Å². The third-order valence-corrected chi connectivity index (χ3v) is 4.50. The van der Waals surface area contributed by atoms with Crippen LogP contribution < -0.4 is 10.2 Å². The summed E-state index contributed by atoms with van der Waals surface area (Å²) in [6, 6.07) is 0. The van der Waals surface area contributed by atoms with E-state index in [-0.39, 0.29) is 0 Å². The van der Waals surface area contributed by atoms with E-state index in [1.807, 2.05) is 17.5 Å². The van der Waals surface area contributed by atoms with E-state index in [4.69, 9.17) is 0 Å². The number of nitrogens with one attached hydrogen (secondary N) is 1. The van der Waals surface area contributed by atoms with Crippen molar-refractivity contribution in [3.8, 4) is 0 Å². The molecule has 2 heterocycles. The van der Waals surface area contributed by atoms with E-state index >= 15 is 0 Å². The van der Waals surface area contributed by atoms with E-state index in [0.717, 1.165) is 19.6 Å². The van der Waals surface area contributed by atoms with Crippen LogP contribution in [0.1, 0.15) is 44.9 Å². The van der Waals surface area contributed by atoms with Crippen molar-refractivity contribution in [1.29, 1.82) is 0 Å². The molecule has 1 aromatic rings. The molecule has 0 aromatic carbocycles. The summed E-state index contributed by atoms with van der Waals surface area (Å²) in [5.41, 5.74) is 0.435. The lowest BCUT2D eigenvalue weighted by molar-refractivity contribution is 0.293. The average Bonchev–Trinajstić information content (AvgIpc) is 2.77. The first-order valence-electron chi connectivity index (χ1n) is 7.01. The highest BCUT2D eigenvalue weighted by Gasteiger charge is 2.27. The molecule has 18 heavy (non-hydrogen) atoms. The van der Waals surface area contributed by atoms with Crippen molar-refractivity contribution in [3.63, 3.8) is 0 Å². The van der Waals surface area contributed by atoms with E-state index in [2.05, 4.69) is 36.0 Å². The van der Waals surface area contributed by atoms with Gasteiger partial charge in [0.25, 0.3) is 0 Å². The summed E-state index contributed by atoms with van der Waals surface area (Å²) in [6.07, 6.45) is 5.84. The van der Waals surface area contributed by atoms with Gasteiger partial charge < -0.3 is 10.2 Å². The lowest BCUT2D eigenvalue weighted by atomic mass is 9.84. The summed E-state index contributed by atoms with van der Waals surface area (Å²) in [7, 11) is 0. The van der Waals surface area contributed by atoms with Gasteiger partial charge in [0.2, 0.25) is 0 Å². The zero-order valence-electron chi connectivity index (χ0n) is 11.8. The molecular formula is C14H25N3S. The third-order valence-electron chi connectivity index (χ3n) is 3.44. The van der Waals surface area contributed by atoms with Gasteiger partial charge in [-0.3, -0.25) is 0 Å². The van der Waals surface area contributed by atoms with Gasteiger partial charge in [-0.25, -0.2) is 4.98 Å². The summed E-state index contributed by atoms with van der Waals surface area (Å²) >= 11 is 1.84. The second kappa shape index (κ2) is 6.02. The van der Waals surface area contributed by atoms with Gasteiger partial charge in [0, 0.05) is 30.7 Å². The summed E-state index contributed by atoms with van der Waals surface area (Å²) in [4.78, 5) is 8.39. The molecule has 102 valence electrons. The Kier molecular flexibility index (Phi) is 4.62. The lowest BCUT2D eigenvalue weighted by Crippen LogP contribution is -2.39. The molecule has 4 heteroatoms. The van der Waals surface area contributed by atoms with Gasteiger partial charge in [-0.2, -0.15) is 0 Å². The Hall–Kier alpha value is -0.610. The minimum Gasteiger partial charge on any atom is -0.348 e. The molecule has 0 atom stereocenters. The minimum atomic E-state index is 0.435. The van der Waals surface area contributed by atoms with E-state index in [1.165, 1.54) is 35.8 Å². The lowest BCUT2D eigenvalue weighted by Gasteiger charge is -2.37. The minimum absolute atomic E-state index is 0.435. The van der Waals surface area contributed by atoms with Crippen molar-refractivity contribution in [2.75, 3.05) is 24.5 Å². The number of hydrogen-bond acceptors (Lipinski definition) is 4. The molecule has 1 aliphatic rings. The fourth-order valence-electron chi connectivity index (χ4n) is 2.50. The van der Waals surface area contributed by atoms with Gasteiger partial charge in [-0.15, -0.1) is 11.3 Å². The quantitative estimate of drug-likeness (QED) is 0.830. The van der Waals surface area contributed by atoms with Crippen molar-refractivity contribution in [3.05, 3.63) is 11.1 Å². The number of nitrogens with zero attached hydrogens (tertiary/aromatic N) is 2. The summed E-state index contributed by atoms with van der Waals surface area (Å²) < 4.78 is 0. The Bertz CT molecular complexity index is 373. The predicted octanol–water partition coefficient (Wildman–Crippen LogP) is 3.27. The molecule has 3 nitrogen and oxygen atoms in total. The van der Waals surface area contributed by atoms with Gasteiger partial charge >= 0.3 is 0 Å². The molecule has 0 aliphatic carbocycles. The fraction of sp³-hybridized carbons (Fsp3) is 0.786. The maximum absolute atomic E-state index is 4.59. The first kappa shape index (κ1) is 13.8. The number of anilines is 1. The normalized spacial score (nSPS) is 19.2. The maximum atomic E-state index is 4.59. The first-order valence-corrected chi connectivity index (χ1v) is 7.83. The third kappa shape index (κ3) is 3.69. The fourth-order valence-corrected chi connectivity index (χ4v) is 3.40. The number of hydrogen-bond donors (Lipinski definition) is 1. The molecule has 0 amide bonds. The monoisotopic (exact) mass is 267 g/mol. The predicted molar refractivity (Wildman–Crippen MR) is 79.3 cm³/mol. The van der Waals surface area contributed by atoms with Crippen LogP contribution in [0, 0.1) is 5.41 Å². The Morgan fingerprint density at radius 2 is 2.33 bits per heavy atom. The molecule has 0 unspecified atom stereocenters. The maximum Gasteiger partial charge on any atom is 0.185 e. The molecule has 1 aromatic heterocycles. The van der Waals surface area contributed by atoms with Crippen LogP contribution in [-0.4, -0.2) is 24.6 Å². The van der Waals surface area contributed by atoms with Crippen molar-refractivity contribution in [2.45, 2.75) is 46.6 Å². The number of thiazole rings is 1.